The minimum atomic E-state index is -0.702. The number of aryl methyl sites for hydroxylation is 1. The molecule has 132 valence electrons. The quantitative estimate of drug-likeness (QED) is 0.464. The van der Waals surface area contributed by atoms with Gasteiger partial charge in [-0.15, -0.1) is 0 Å². The predicted molar refractivity (Wildman–Crippen MR) is 88.0 cm³/mol. The van der Waals surface area contributed by atoms with E-state index >= 15 is 0 Å². The van der Waals surface area contributed by atoms with E-state index in [2.05, 4.69) is 0 Å². The zero-order chi connectivity index (χ0) is 18.5. The van der Waals surface area contributed by atoms with Crippen LogP contribution in [0, 0.1) is 17.0 Å². The molecular weight excluding hydrogens is 316 g/mol. The van der Waals surface area contributed by atoms with Crippen LogP contribution < -0.4 is 4.90 Å². The molecule has 0 heterocycles. The van der Waals surface area contributed by atoms with Crippen molar-refractivity contribution in [3.63, 3.8) is 0 Å². The first-order valence-corrected chi connectivity index (χ1v) is 7.40. The molecule has 24 heavy (non-hydrogen) atoms. The zero-order valence-corrected chi connectivity index (χ0v) is 14.5. The number of rotatable bonds is 5. The summed E-state index contributed by atoms with van der Waals surface area (Å²) in [7, 11) is 0. The van der Waals surface area contributed by atoms with Crippen LogP contribution in [0.2, 0.25) is 0 Å². The molecule has 0 aliphatic heterocycles. The molecule has 1 aromatic rings. The van der Waals surface area contributed by atoms with Crippen LogP contribution in [-0.4, -0.2) is 35.7 Å². The van der Waals surface area contributed by atoms with Gasteiger partial charge in [-0.1, -0.05) is 0 Å². The van der Waals surface area contributed by atoms with Gasteiger partial charge in [-0.3, -0.25) is 19.8 Å². The highest BCUT2D eigenvalue weighted by molar-refractivity contribution is 5.88. The number of nitrogens with zero attached hydrogens (tertiary/aromatic N) is 2. The molecule has 0 radical (unpaired) electrons. The van der Waals surface area contributed by atoms with Gasteiger partial charge in [-0.05, 0) is 39.8 Å². The lowest BCUT2D eigenvalue weighted by Crippen LogP contribution is -2.39. The minimum absolute atomic E-state index is 0.00931. The molecule has 0 saturated heterocycles. The number of hydrogen-bond acceptors (Lipinski definition) is 6. The van der Waals surface area contributed by atoms with E-state index in [1.54, 1.807) is 27.7 Å². The molecule has 0 aliphatic rings. The summed E-state index contributed by atoms with van der Waals surface area (Å²) < 4.78 is 10.2. The maximum Gasteiger partial charge on any atom is 0.414 e. The number of carbonyl (C=O) groups excluding carboxylic acids is 2. The maximum atomic E-state index is 12.4. The lowest BCUT2D eigenvalue weighted by molar-refractivity contribution is -0.385. The van der Waals surface area contributed by atoms with Crippen molar-refractivity contribution < 1.29 is 24.0 Å². The largest absolute Gasteiger partial charge is 0.464 e. The van der Waals surface area contributed by atoms with Crippen LogP contribution in [0.25, 0.3) is 0 Å². The van der Waals surface area contributed by atoms with Crippen LogP contribution in [-0.2, 0) is 14.3 Å². The Kier molecular flexibility index (Phi) is 6.27. The Morgan fingerprint density at radius 3 is 2.38 bits per heavy atom. The Hall–Kier alpha value is -2.64. The third-order valence-electron chi connectivity index (χ3n) is 2.92. The van der Waals surface area contributed by atoms with Gasteiger partial charge in [0.15, 0.2) is 0 Å². The fourth-order valence-corrected chi connectivity index (χ4v) is 1.94. The second-order valence-electron chi connectivity index (χ2n) is 6.20. The van der Waals surface area contributed by atoms with E-state index in [1.165, 1.54) is 30.0 Å². The highest BCUT2D eigenvalue weighted by atomic mass is 16.6. The summed E-state index contributed by atoms with van der Waals surface area (Å²) in [6.07, 6.45) is -0.622. The van der Waals surface area contributed by atoms with Gasteiger partial charge in [0.05, 0.1) is 11.5 Å². The van der Waals surface area contributed by atoms with Crippen molar-refractivity contribution in [2.24, 2.45) is 0 Å². The molecule has 0 N–H and O–H groups in total. The molecular formula is C16H22N2O6. The normalized spacial score (nSPS) is 10.9. The Labute approximate surface area is 140 Å². The summed E-state index contributed by atoms with van der Waals surface area (Å²) >= 11 is 0. The summed E-state index contributed by atoms with van der Waals surface area (Å²) in [6.45, 7) is 8.12. The third kappa shape index (κ3) is 5.86. The van der Waals surface area contributed by atoms with Crippen molar-refractivity contribution in [1.29, 1.82) is 0 Å². The molecule has 0 atom stereocenters. The number of benzene rings is 1. The highest BCUT2D eigenvalue weighted by Gasteiger charge is 2.24. The molecule has 0 aromatic heterocycles. The topological polar surface area (TPSA) is 99.0 Å². The average Bonchev–Trinajstić information content (AvgIpc) is 2.40. The molecule has 8 nitrogen and oxygen atoms in total. The number of amides is 1. The van der Waals surface area contributed by atoms with Crippen LogP contribution in [0.1, 0.15) is 33.3 Å². The SMILES string of the molecule is CC(=O)OCCN(C(=O)OC(C)(C)C)c1ccc([N+](=O)[O-])c(C)c1. The fraction of sp³-hybridized carbons (Fsp3) is 0.500. The number of hydrogen-bond donors (Lipinski definition) is 0. The molecule has 0 fully saturated rings. The van der Waals surface area contributed by atoms with Gasteiger partial charge in [-0.25, -0.2) is 4.79 Å². The number of esters is 1. The Balaban J connectivity index is 3.07. The standard InChI is InChI=1S/C16H22N2O6/c1-11-10-13(6-7-14(11)18(21)22)17(8-9-23-12(2)19)15(20)24-16(3,4)5/h6-7,10H,8-9H2,1-5H3. The molecule has 0 spiro atoms. The number of nitro groups is 1. The first-order valence-electron chi connectivity index (χ1n) is 7.40. The van der Waals surface area contributed by atoms with Gasteiger partial charge in [0.25, 0.3) is 5.69 Å². The molecule has 1 amide bonds. The fourth-order valence-electron chi connectivity index (χ4n) is 1.94. The van der Waals surface area contributed by atoms with Crippen molar-refractivity contribution >= 4 is 23.4 Å². The van der Waals surface area contributed by atoms with Crippen LogP contribution >= 0.6 is 0 Å². The van der Waals surface area contributed by atoms with Gasteiger partial charge < -0.3 is 9.47 Å². The average molecular weight is 338 g/mol. The molecule has 1 rings (SSSR count). The van der Waals surface area contributed by atoms with Crippen molar-refractivity contribution in [2.75, 3.05) is 18.1 Å². The Morgan fingerprint density at radius 2 is 1.92 bits per heavy atom. The Bertz CT molecular complexity index is 636. The van der Waals surface area contributed by atoms with E-state index in [4.69, 9.17) is 9.47 Å². The number of carbonyl (C=O) groups is 2. The van der Waals surface area contributed by atoms with E-state index in [0.29, 0.717) is 11.3 Å². The second kappa shape index (κ2) is 7.76. The lowest BCUT2D eigenvalue weighted by Gasteiger charge is -2.27. The van der Waals surface area contributed by atoms with Crippen LogP contribution in [0.4, 0.5) is 16.2 Å². The van der Waals surface area contributed by atoms with E-state index in [0.717, 1.165) is 0 Å². The minimum Gasteiger partial charge on any atom is -0.464 e. The molecule has 0 bridgehead atoms. The predicted octanol–water partition coefficient (Wildman–Crippen LogP) is 3.21. The summed E-state index contributed by atoms with van der Waals surface area (Å²) in [5.74, 6) is -0.459. The van der Waals surface area contributed by atoms with Crippen LogP contribution in [0.3, 0.4) is 0 Å². The first kappa shape index (κ1) is 19.4. The van der Waals surface area contributed by atoms with E-state index < -0.39 is 22.6 Å². The Morgan fingerprint density at radius 1 is 1.29 bits per heavy atom. The summed E-state index contributed by atoms with van der Waals surface area (Å²) in [5.41, 5.74) is 0.105. The maximum absolute atomic E-state index is 12.4. The summed E-state index contributed by atoms with van der Waals surface area (Å²) in [6, 6.07) is 4.31. The number of nitro benzene ring substituents is 1. The summed E-state index contributed by atoms with van der Waals surface area (Å²) in [5, 5.41) is 10.9. The van der Waals surface area contributed by atoms with Crippen molar-refractivity contribution in [3.8, 4) is 0 Å². The highest BCUT2D eigenvalue weighted by Crippen LogP contribution is 2.25. The summed E-state index contributed by atoms with van der Waals surface area (Å²) in [4.78, 5) is 35.0. The van der Waals surface area contributed by atoms with Gasteiger partial charge in [0.1, 0.15) is 12.2 Å². The molecule has 0 saturated carbocycles. The van der Waals surface area contributed by atoms with Gasteiger partial charge in [0.2, 0.25) is 0 Å². The first-order chi connectivity index (χ1) is 11.0. The van der Waals surface area contributed by atoms with E-state index in [-0.39, 0.29) is 18.8 Å². The molecule has 0 unspecified atom stereocenters. The number of anilines is 1. The molecule has 1 aromatic carbocycles. The molecule has 0 aliphatic carbocycles. The third-order valence-corrected chi connectivity index (χ3v) is 2.92. The van der Waals surface area contributed by atoms with Crippen molar-refractivity contribution in [3.05, 3.63) is 33.9 Å². The molecule has 8 heteroatoms. The van der Waals surface area contributed by atoms with Crippen molar-refractivity contribution in [1.82, 2.24) is 0 Å². The van der Waals surface area contributed by atoms with Gasteiger partial charge >= 0.3 is 12.1 Å². The zero-order valence-electron chi connectivity index (χ0n) is 14.5. The van der Waals surface area contributed by atoms with Gasteiger partial charge in [0, 0.05) is 24.2 Å². The van der Waals surface area contributed by atoms with E-state index in [1.807, 2.05) is 0 Å². The van der Waals surface area contributed by atoms with E-state index in [9.17, 15) is 19.7 Å². The smallest absolute Gasteiger partial charge is 0.414 e. The number of ether oxygens (including phenoxy) is 2. The lowest BCUT2D eigenvalue weighted by atomic mass is 10.1. The van der Waals surface area contributed by atoms with Crippen LogP contribution in [0.5, 0.6) is 0 Å². The van der Waals surface area contributed by atoms with Gasteiger partial charge in [-0.2, -0.15) is 0 Å². The second-order valence-corrected chi connectivity index (χ2v) is 6.20. The monoisotopic (exact) mass is 338 g/mol. The van der Waals surface area contributed by atoms with Crippen molar-refractivity contribution in [2.45, 2.75) is 40.2 Å². The van der Waals surface area contributed by atoms with Crippen LogP contribution in [0.15, 0.2) is 18.2 Å².